The molecule has 0 unspecified atom stereocenters. The molecule has 1 fully saturated rings. The van der Waals surface area contributed by atoms with Gasteiger partial charge in [-0.15, -0.1) is 0 Å². The molecular weight excluding hydrogens is 347 g/mol. The van der Waals surface area contributed by atoms with E-state index in [0.29, 0.717) is 10.8 Å². The lowest BCUT2D eigenvalue weighted by atomic mass is 10.0. The molecule has 2 aromatic heterocycles. The zero-order chi connectivity index (χ0) is 18.1. The monoisotopic (exact) mass is 366 g/mol. The molecule has 0 amide bonds. The van der Waals surface area contributed by atoms with Gasteiger partial charge in [0.15, 0.2) is 5.11 Å². The molecule has 4 rings (SSSR count). The van der Waals surface area contributed by atoms with Crippen LogP contribution in [0.3, 0.4) is 0 Å². The minimum atomic E-state index is -0.294. The molecule has 3 aromatic rings. The number of hydrogen-bond donors (Lipinski definition) is 1. The summed E-state index contributed by atoms with van der Waals surface area (Å²) in [5, 5.41) is 3.85. The first-order valence-electron chi connectivity index (χ1n) is 8.61. The SMILES string of the molecule is CCn1cccc1[C@@H]1[C@@H](c2ccccn2)NC(=S)N1c1ccccc1F. The van der Waals surface area contributed by atoms with Gasteiger partial charge in [-0.1, -0.05) is 18.2 Å². The quantitative estimate of drug-likeness (QED) is 0.701. The van der Waals surface area contributed by atoms with E-state index < -0.39 is 0 Å². The van der Waals surface area contributed by atoms with Crippen LogP contribution < -0.4 is 10.2 Å². The van der Waals surface area contributed by atoms with Gasteiger partial charge in [-0.05, 0) is 55.5 Å². The number of nitrogens with zero attached hydrogens (tertiary/aromatic N) is 3. The van der Waals surface area contributed by atoms with Crippen molar-refractivity contribution in [1.82, 2.24) is 14.9 Å². The van der Waals surface area contributed by atoms with E-state index in [-0.39, 0.29) is 17.9 Å². The second kappa shape index (κ2) is 6.88. The number of rotatable bonds is 4. The Kier molecular flexibility index (Phi) is 4.42. The Bertz CT molecular complexity index is 924. The standard InChI is InChI=1S/C20H19FN4S/c1-2-24-13-7-11-17(24)19-18(15-9-5-6-12-22-15)23-20(26)25(19)16-10-4-3-8-14(16)21/h3-13,18-19H,2H2,1H3,(H,23,26)/t18-,19-/m1/s1. The van der Waals surface area contributed by atoms with Crippen LogP contribution in [0.15, 0.2) is 67.0 Å². The highest BCUT2D eigenvalue weighted by Gasteiger charge is 2.42. The van der Waals surface area contributed by atoms with E-state index >= 15 is 0 Å². The summed E-state index contributed by atoms with van der Waals surface area (Å²) < 4.78 is 16.7. The Balaban J connectivity index is 1.87. The topological polar surface area (TPSA) is 33.1 Å². The van der Waals surface area contributed by atoms with E-state index in [1.807, 2.05) is 41.4 Å². The van der Waals surface area contributed by atoms with Gasteiger partial charge in [0.25, 0.3) is 0 Å². The molecule has 1 N–H and O–H groups in total. The molecule has 0 bridgehead atoms. The number of halogens is 1. The van der Waals surface area contributed by atoms with Gasteiger partial charge in [-0.2, -0.15) is 0 Å². The maximum absolute atomic E-state index is 14.6. The molecule has 0 spiro atoms. The molecule has 0 saturated carbocycles. The summed E-state index contributed by atoms with van der Waals surface area (Å²) >= 11 is 5.60. The molecule has 1 saturated heterocycles. The maximum Gasteiger partial charge on any atom is 0.174 e. The number of hydrogen-bond acceptors (Lipinski definition) is 2. The second-order valence-electron chi connectivity index (χ2n) is 6.17. The van der Waals surface area contributed by atoms with E-state index in [9.17, 15) is 4.39 Å². The lowest BCUT2D eigenvalue weighted by molar-refractivity contribution is 0.524. The first-order chi connectivity index (χ1) is 12.7. The van der Waals surface area contributed by atoms with Crippen molar-refractivity contribution < 1.29 is 4.39 Å². The Morgan fingerprint density at radius 3 is 2.65 bits per heavy atom. The molecule has 132 valence electrons. The molecule has 1 aromatic carbocycles. The van der Waals surface area contributed by atoms with Crippen molar-refractivity contribution in [1.29, 1.82) is 0 Å². The summed E-state index contributed by atoms with van der Waals surface area (Å²) in [6, 6.07) is 16.3. The summed E-state index contributed by atoms with van der Waals surface area (Å²) in [5.41, 5.74) is 2.42. The van der Waals surface area contributed by atoms with E-state index in [1.165, 1.54) is 6.07 Å². The van der Waals surface area contributed by atoms with Gasteiger partial charge in [-0.3, -0.25) is 4.98 Å². The van der Waals surface area contributed by atoms with Gasteiger partial charge in [0.2, 0.25) is 0 Å². The number of nitrogens with one attached hydrogen (secondary N) is 1. The number of anilines is 1. The van der Waals surface area contributed by atoms with Crippen LogP contribution in [-0.4, -0.2) is 14.7 Å². The summed E-state index contributed by atoms with van der Waals surface area (Å²) in [6.45, 7) is 2.92. The highest BCUT2D eigenvalue weighted by molar-refractivity contribution is 7.80. The molecule has 26 heavy (non-hydrogen) atoms. The smallest absolute Gasteiger partial charge is 0.174 e. The number of thiocarbonyl (C=S) groups is 1. The van der Waals surface area contributed by atoms with Gasteiger partial charge in [-0.25, -0.2) is 4.39 Å². The van der Waals surface area contributed by atoms with Crippen LogP contribution in [0.4, 0.5) is 10.1 Å². The van der Waals surface area contributed by atoms with Gasteiger partial charge in [0.05, 0.1) is 17.4 Å². The van der Waals surface area contributed by atoms with E-state index in [4.69, 9.17) is 12.2 Å². The average molecular weight is 366 g/mol. The van der Waals surface area contributed by atoms with E-state index in [0.717, 1.165) is 17.9 Å². The fourth-order valence-electron chi connectivity index (χ4n) is 3.55. The first kappa shape index (κ1) is 16.7. The zero-order valence-electron chi connectivity index (χ0n) is 14.3. The van der Waals surface area contributed by atoms with E-state index in [1.54, 1.807) is 18.3 Å². The number of benzene rings is 1. The third-order valence-electron chi connectivity index (χ3n) is 4.72. The molecule has 0 aliphatic carbocycles. The molecule has 3 heterocycles. The summed E-state index contributed by atoms with van der Waals surface area (Å²) in [6.07, 6.45) is 3.80. The predicted octanol–water partition coefficient (Wildman–Crippen LogP) is 4.22. The number of aromatic nitrogens is 2. The normalized spacial score (nSPS) is 19.6. The number of para-hydroxylation sites is 1. The minimum Gasteiger partial charge on any atom is -0.351 e. The van der Waals surface area contributed by atoms with Crippen molar-refractivity contribution in [3.63, 3.8) is 0 Å². The largest absolute Gasteiger partial charge is 0.351 e. The summed E-state index contributed by atoms with van der Waals surface area (Å²) in [7, 11) is 0. The highest BCUT2D eigenvalue weighted by Crippen LogP contribution is 2.42. The third kappa shape index (κ3) is 2.76. The number of aryl methyl sites for hydroxylation is 1. The Hall–Kier alpha value is -2.73. The third-order valence-corrected chi connectivity index (χ3v) is 5.03. The van der Waals surface area contributed by atoms with Gasteiger partial charge in [0, 0.05) is 24.6 Å². The summed E-state index contributed by atoms with van der Waals surface area (Å²) in [5.74, 6) is -0.294. The Morgan fingerprint density at radius 1 is 1.12 bits per heavy atom. The van der Waals surface area contributed by atoms with Crippen molar-refractivity contribution in [3.05, 3.63) is 84.2 Å². The molecule has 4 nitrogen and oxygen atoms in total. The molecule has 1 aliphatic heterocycles. The van der Waals surface area contributed by atoms with Crippen molar-refractivity contribution >= 4 is 23.0 Å². The minimum absolute atomic E-state index is 0.163. The van der Waals surface area contributed by atoms with Gasteiger partial charge < -0.3 is 14.8 Å². The Labute approximate surface area is 157 Å². The molecule has 2 atom stereocenters. The van der Waals surface area contributed by atoms with Crippen LogP contribution in [0.5, 0.6) is 0 Å². The van der Waals surface area contributed by atoms with E-state index in [2.05, 4.69) is 27.9 Å². The van der Waals surface area contributed by atoms with Crippen molar-refractivity contribution in [2.24, 2.45) is 0 Å². The molecule has 1 aliphatic rings. The lowest BCUT2D eigenvalue weighted by Gasteiger charge is -2.29. The fraction of sp³-hybridized carbons (Fsp3) is 0.200. The van der Waals surface area contributed by atoms with Crippen molar-refractivity contribution in [2.45, 2.75) is 25.6 Å². The van der Waals surface area contributed by atoms with Crippen LogP contribution in [0.2, 0.25) is 0 Å². The van der Waals surface area contributed by atoms with Crippen LogP contribution in [0.25, 0.3) is 0 Å². The van der Waals surface area contributed by atoms with Gasteiger partial charge >= 0.3 is 0 Å². The van der Waals surface area contributed by atoms with Crippen molar-refractivity contribution in [3.8, 4) is 0 Å². The van der Waals surface area contributed by atoms with Crippen molar-refractivity contribution in [2.75, 3.05) is 4.90 Å². The van der Waals surface area contributed by atoms with Crippen LogP contribution >= 0.6 is 12.2 Å². The molecule has 0 radical (unpaired) electrons. The summed E-state index contributed by atoms with van der Waals surface area (Å²) in [4.78, 5) is 6.38. The zero-order valence-corrected chi connectivity index (χ0v) is 15.2. The molecular formula is C20H19FN4S. The Morgan fingerprint density at radius 2 is 1.92 bits per heavy atom. The fourth-order valence-corrected chi connectivity index (χ4v) is 3.88. The maximum atomic E-state index is 14.6. The van der Waals surface area contributed by atoms with Gasteiger partial charge in [0.1, 0.15) is 11.9 Å². The lowest BCUT2D eigenvalue weighted by Crippen LogP contribution is -2.31. The first-order valence-corrected chi connectivity index (χ1v) is 9.01. The average Bonchev–Trinajstić information content (AvgIpc) is 3.26. The van der Waals surface area contributed by atoms with Crippen LogP contribution in [-0.2, 0) is 6.54 Å². The number of pyridine rings is 1. The van der Waals surface area contributed by atoms with Crippen LogP contribution in [0.1, 0.15) is 30.4 Å². The molecule has 6 heteroatoms. The highest BCUT2D eigenvalue weighted by atomic mass is 32.1. The predicted molar refractivity (Wildman–Crippen MR) is 104 cm³/mol. The van der Waals surface area contributed by atoms with Crippen LogP contribution in [0, 0.1) is 5.82 Å². The second-order valence-corrected chi connectivity index (χ2v) is 6.55.